The van der Waals surface area contributed by atoms with Crippen molar-refractivity contribution in [3.63, 3.8) is 0 Å². The van der Waals surface area contributed by atoms with E-state index in [0.29, 0.717) is 0 Å². The van der Waals surface area contributed by atoms with Crippen LogP contribution >= 0.6 is 22.6 Å². The van der Waals surface area contributed by atoms with Crippen molar-refractivity contribution >= 4 is 26.4 Å². The summed E-state index contributed by atoms with van der Waals surface area (Å²) in [6.45, 7) is 1.83. The number of carbonyl (C=O) groups is 1. The molecule has 7 heavy (non-hydrogen) atoms. The molecule has 0 amide bonds. The van der Waals surface area contributed by atoms with Crippen LogP contribution in [0.3, 0.4) is 0 Å². The highest BCUT2D eigenvalue weighted by Crippen LogP contribution is 1.90. The van der Waals surface area contributed by atoms with Crippen molar-refractivity contribution in [1.82, 2.24) is 5.32 Å². The molecule has 0 fully saturated rings. The quantitative estimate of drug-likeness (QED) is 0.536. The van der Waals surface area contributed by atoms with Gasteiger partial charge in [0.15, 0.2) is 0 Å². The molecule has 1 N–H and O–H groups in total. The number of carbonyl (C=O) groups excluding carboxylic acids is 1. The van der Waals surface area contributed by atoms with Crippen LogP contribution < -0.4 is 5.32 Å². The molecule has 0 aliphatic carbocycles. The van der Waals surface area contributed by atoms with Gasteiger partial charge in [-0.3, -0.25) is 4.79 Å². The van der Waals surface area contributed by atoms with Gasteiger partial charge < -0.3 is 5.32 Å². The largest absolute Gasteiger partial charge is 0.310 e. The van der Waals surface area contributed by atoms with Gasteiger partial charge >= 0.3 is 0 Å². The Bertz CT molecular complexity index is 74.1. The van der Waals surface area contributed by atoms with E-state index in [0.717, 1.165) is 0 Å². The highest BCUT2D eigenvalue weighted by atomic mass is 127. The molecule has 0 aromatic rings. The minimum Gasteiger partial charge on any atom is -0.310 e. The monoisotopic (exact) mass is 213 g/mol. The first-order valence-corrected chi connectivity index (χ1v) is 3.13. The van der Waals surface area contributed by atoms with Gasteiger partial charge in [0.2, 0.25) is 3.79 Å². The fourth-order valence-corrected chi connectivity index (χ4v) is 0.425. The van der Waals surface area contributed by atoms with Crippen molar-refractivity contribution in [3.8, 4) is 0 Å². The maximum Gasteiger partial charge on any atom is 0.208 e. The molecule has 1 atom stereocenters. The van der Waals surface area contributed by atoms with E-state index < -0.39 is 0 Å². The van der Waals surface area contributed by atoms with E-state index in [1.165, 1.54) is 0 Å². The summed E-state index contributed by atoms with van der Waals surface area (Å²) in [4.78, 5) is 10.3. The molecule has 0 aromatic carbocycles. The van der Waals surface area contributed by atoms with Crippen molar-refractivity contribution in [1.29, 1.82) is 0 Å². The zero-order valence-electron chi connectivity index (χ0n) is 4.36. The van der Waals surface area contributed by atoms with Crippen LogP contribution in [0.1, 0.15) is 6.92 Å². The summed E-state index contributed by atoms with van der Waals surface area (Å²) < 4.78 is 0.153. The second-order valence-electron chi connectivity index (χ2n) is 1.31. The first kappa shape index (κ1) is 7.36. The normalized spacial score (nSPS) is 13.6. The number of hydrogen-bond donors (Lipinski definition) is 1. The summed E-state index contributed by atoms with van der Waals surface area (Å²) in [7, 11) is 1.77. The number of halogens is 1. The van der Waals surface area contributed by atoms with E-state index in [9.17, 15) is 4.79 Å². The lowest BCUT2D eigenvalue weighted by Crippen LogP contribution is -2.26. The summed E-state index contributed by atoms with van der Waals surface area (Å²) in [5, 5.41) is 2.81. The predicted molar refractivity (Wildman–Crippen MR) is 37.5 cm³/mol. The third-order valence-electron chi connectivity index (χ3n) is 0.773. The minimum atomic E-state index is 0.000556. The first-order valence-electron chi connectivity index (χ1n) is 2.05. The van der Waals surface area contributed by atoms with Crippen molar-refractivity contribution in [2.75, 3.05) is 7.05 Å². The molecule has 3 heteroatoms. The molecule has 2 nitrogen and oxygen atoms in total. The van der Waals surface area contributed by atoms with Crippen LogP contribution in [0.4, 0.5) is 0 Å². The van der Waals surface area contributed by atoms with Gasteiger partial charge in [0.05, 0.1) is 6.04 Å². The van der Waals surface area contributed by atoms with Gasteiger partial charge in [-0.05, 0) is 14.0 Å². The zero-order valence-corrected chi connectivity index (χ0v) is 6.52. The van der Waals surface area contributed by atoms with Gasteiger partial charge in [-0.2, -0.15) is 0 Å². The second-order valence-corrected chi connectivity index (χ2v) is 2.38. The predicted octanol–water partition coefficient (Wildman–Crippen LogP) is 0.556. The molecule has 0 spiro atoms. The SMILES string of the molecule is CNC(C)C(=O)I. The topological polar surface area (TPSA) is 29.1 Å². The number of nitrogens with one attached hydrogen (secondary N) is 1. The van der Waals surface area contributed by atoms with Gasteiger partial charge in [0.25, 0.3) is 0 Å². The van der Waals surface area contributed by atoms with Crippen LogP contribution in [-0.4, -0.2) is 16.9 Å². The van der Waals surface area contributed by atoms with Gasteiger partial charge in [0.1, 0.15) is 0 Å². The Morgan fingerprint density at radius 1 is 1.86 bits per heavy atom. The van der Waals surface area contributed by atoms with E-state index in [2.05, 4.69) is 5.32 Å². The Morgan fingerprint density at radius 2 is 2.29 bits per heavy atom. The molecule has 42 valence electrons. The highest BCUT2D eigenvalue weighted by Gasteiger charge is 2.02. The molecule has 1 unspecified atom stereocenters. The van der Waals surface area contributed by atoms with Crippen LogP contribution in [0, 0.1) is 0 Å². The van der Waals surface area contributed by atoms with E-state index in [-0.39, 0.29) is 9.83 Å². The van der Waals surface area contributed by atoms with E-state index >= 15 is 0 Å². The second kappa shape index (κ2) is 3.37. The van der Waals surface area contributed by atoms with Gasteiger partial charge in [-0.25, -0.2) is 0 Å². The molecular weight excluding hydrogens is 205 g/mol. The maximum atomic E-state index is 10.3. The molecule has 0 aromatic heterocycles. The Hall–Kier alpha value is 0.360. The van der Waals surface area contributed by atoms with Crippen molar-refractivity contribution in [2.24, 2.45) is 0 Å². The fraction of sp³-hybridized carbons (Fsp3) is 0.750. The molecule has 0 saturated heterocycles. The molecule has 0 heterocycles. The molecule has 0 rings (SSSR count). The molecular formula is C4H8INO. The smallest absolute Gasteiger partial charge is 0.208 e. The summed E-state index contributed by atoms with van der Waals surface area (Å²) in [6, 6.07) is 0.000556. The average molecular weight is 213 g/mol. The third-order valence-corrected chi connectivity index (χ3v) is 1.71. The van der Waals surface area contributed by atoms with Gasteiger partial charge in [-0.1, -0.05) is 0 Å². The summed E-state index contributed by atoms with van der Waals surface area (Å²) in [5.74, 6) is 0. The molecule has 0 aliphatic heterocycles. The van der Waals surface area contributed by atoms with Crippen molar-refractivity contribution in [3.05, 3.63) is 0 Å². The molecule has 0 radical (unpaired) electrons. The summed E-state index contributed by atoms with van der Waals surface area (Å²) in [5.41, 5.74) is 0. The lowest BCUT2D eigenvalue weighted by molar-refractivity contribution is -0.110. The first-order chi connectivity index (χ1) is 3.18. The third kappa shape index (κ3) is 2.99. The lowest BCUT2D eigenvalue weighted by Gasteiger charge is -1.99. The number of rotatable bonds is 2. The maximum absolute atomic E-state index is 10.3. The van der Waals surface area contributed by atoms with Crippen LogP contribution in [0.5, 0.6) is 0 Å². The Balaban J connectivity index is 3.34. The Kier molecular flexibility index (Phi) is 3.55. The van der Waals surface area contributed by atoms with Crippen molar-refractivity contribution < 1.29 is 4.79 Å². The van der Waals surface area contributed by atoms with E-state index in [4.69, 9.17) is 0 Å². The zero-order chi connectivity index (χ0) is 5.86. The minimum absolute atomic E-state index is 0.000556. The van der Waals surface area contributed by atoms with Crippen molar-refractivity contribution in [2.45, 2.75) is 13.0 Å². The van der Waals surface area contributed by atoms with Crippen LogP contribution in [-0.2, 0) is 4.79 Å². The van der Waals surface area contributed by atoms with Crippen LogP contribution in [0.2, 0.25) is 0 Å². The number of likely N-dealkylation sites (N-methyl/N-ethyl adjacent to an activating group) is 1. The van der Waals surface area contributed by atoms with Gasteiger partial charge in [0, 0.05) is 22.6 Å². The summed E-state index contributed by atoms with van der Waals surface area (Å²) >= 11 is 1.77. The van der Waals surface area contributed by atoms with E-state index in [1.807, 2.05) is 6.92 Å². The lowest BCUT2D eigenvalue weighted by atomic mass is 10.4. The standard InChI is InChI=1S/C4H8INO/c1-3(6-2)4(5)7/h3,6H,1-2H3. The summed E-state index contributed by atoms with van der Waals surface area (Å²) in [6.07, 6.45) is 0. The Morgan fingerprint density at radius 3 is 2.29 bits per heavy atom. The van der Waals surface area contributed by atoms with Gasteiger partial charge in [-0.15, -0.1) is 0 Å². The van der Waals surface area contributed by atoms with Crippen LogP contribution in [0.25, 0.3) is 0 Å². The van der Waals surface area contributed by atoms with E-state index in [1.54, 1.807) is 29.6 Å². The highest BCUT2D eigenvalue weighted by molar-refractivity contribution is 14.1. The Labute approximate surface area is 56.8 Å². The average Bonchev–Trinajstić information content (AvgIpc) is 1.65. The van der Waals surface area contributed by atoms with Crippen LogP contribution in [0.15, 0.2) is 0 Å². The molecule has 0 saturated carbocycles. The fourth-order valence-electron chi connectivity index (χ4n) is 0.113. The molecule has 0 aliphatic rings. The molecule has 0 bridgehead atoms. The number of hydrogen-bond acceptors (Lipinski definition) is 2.